The van der Waals surface area contributed by atoms with E-state index in [4.69, 9.17) is 11.6 Å². The van der Waals surface area contributed by atoms with Gasteiger partial charge in [0.2, 0.25) is 17.2 Å². The molecule has 0 saturated carbocycles. The molecule has 0 radical (unpaired) electrons. The van der Waals surface area contributed by atoms with Crippen LogP contribution >= 0.6 is 23.4 Å². The molecule has 2 heterocycles. The Bertz CT molecular complexity index is 370. The highest BCUT2D eigenvalue weighted by molar-refractivity contribution is 7.99. The molecule has 1 aromatic rings. The molecule has 7 heteroatoms. The van der Waals surface area contributed by atoms with Gasteiger partial charge in [-0.25, -0.2) is 0 Å². The summed E-state index contributed by atoms with van der Waals surface area (Å²) in [6, 6.07) is 0. The quantitative estimate of drug-likeness (QED) is 0.904. The van der Waals surface area contributed by atoms with Gasteiger partial charge in [0.25, 0.3) is 0 Å². The van der Waals surface area contributed by atoms with E-state index in [-0.39, 0.29) is 5.28 Å². The lowest BCUT2D eigenvalue weighted by atomic mass is 10.5. The number of halogens is 1. The maximum Gasteiger partial charge on any atom is 0.231 e. The standard InChI is InChI=1S/C10H16ClN5S/c1-2-3-12-9-13-8(11)14-10(15-9)16-4-6-17-7-5-16/h2-7H2,1H3,(H,12,13,14,15). The Balaban J connectivity index is 2.12. The van der Waals surface area contributed by atoms with E-state index in [2.05, 4.69) is 32.1 Å². The number of anilines is 2. The molecule has 1 aromatic heterocycles. The normalized spacial score (nSPS) is 16.0. The first-order chi connectivity index (χ1) is 8.29. The van der Waals surface area contributed by atoms with E-state index in [1.165, 1.54) is 0 Å². The number of hydrogen-bond donors (Lipinski definition) is 1. The molecule has 5 nitrogen and oxygen atoms in total. The second-order valence-electron chi connectivity index (χ2n) is 3.75. The molecule has 1 N–H and O–H groups in total. The molecular formula is C10H16ClN5S. The average molecular weight is 274 g/mol. The van der Waals surface area contributed by atoms with Crippen LogP contribution in [-0.4, -0.2) is 46.1 Å². The van der Waals surface area contributed by atoms with Crippen LogP contribution in [0.2, 0.25) is 5.28 Å². The second kappa shape index (κ2) is 6.26. The summed E-state index contributed by atoms with van der Waals surface area (Å²) in [5.74, 6) is 3.48. The molecule has 0 aromatic carbocycles. The van der Waals surface area contributed by atoms with Gasteiger partial charge in [0, 0.05) is 31.1 Å². The predicted octanol–water partition coefficient (Wildman–Crippen LogP) is 1.90. The fraction of sp³-hybridized carbons (Fsp3) is 0.700. The average Bonchev–Trinajstić information content (AvgIpc) is 2.37. The number of thioether (sulfide) groups is 1. The van der Waals surface area contributed by atoms with Gasteiger partial charge in [-0.1, -0.05) is 6.92 Å². The van der Waals surface area contributed by atoms with Crippen molar-refractivity contribution in [3.05, 3.63) is 5.28 Å². The first-order valence-electron chi connectivity index (χ1n) is 5.77. The summed E-state index contributed by atoms with van der Waals surface area (Å²) in [6.45, 7) is 4.88. The molecule has 0 spiro atoms. The number of nitrogens with one attached hydrogen (secondary N) is 1. The molecular weight excluding hydrogens is 258 g/mol. The lowest BCUT2D eigenvalue weighted by Gasteiger charge is -2.26. The van der Waals surface area contributed by atoms with E-state index in [0.29, 0.717) is 11.9 Å². The van der Waals surface area contributed by atoms with Crippen molar-refractivity contribution in [1.29, 1.82) is 0 Å². The van der Waals surface area contributed by atoms with E-state index < -0.39 is 0 Å². The summed E-state index contributed by atoms with van der Waals surface area (Å²) < 4.78 is 0. The third-order valence-corrected chi connectivity index (χ3v) is 3.53. The Hall–Kier alpha value is -0.750. The van der Waals surface area contributed by atoms with E-state index in [1.54, 1.807) is 0 Å². The van der Waals surface area contributed by atoms with Crippen LogP contribution in [-0.2, 0) is 0 Å². The summed E-state index contributed by atoms with van der Waals surface area (Å²) in [6.07, 6.45) is 1.03. The minimum atomic E-state index is 0.256. The number of rotatable bonds is 4. The molecule has 0 unspecified atom stereocenters. The maximum absolute atomic E-state index is 5.91. The van der Waals surface area contributed by atoms with Crippen LogP contribution in [0.15, 0.2) is 0 Å². The first kappa shape index (κ1) is 12.7. The molecule has 1 saturated heterocycles. The largest absolute Gasteiger partial charge is 0.354 e. The predicted molar refractivity (Wildman–Crippen MR) is 73.2 cm³/mol. The van der Waals surface area contributed by atoms with Crippen molar-refractivity contribution in [2.24, 2.45) is 0 Å². The van der Waals surface area contributed by atoms with Crippen molar-refractivity contribution in [3.8, 4) is 0 Å². The Labute approximate surface area is 110 Å². The monoisotopic (exact) mass is 273 g/mol. The highest BCUT2D eigenvalue weighted by Gasteiger charge is 2.15. The number of aromatic nitrogens is 3. The molecule has 0 aliphatic carbocycles. The van der Waals surface area contributed by atoms with E-state index in [9.17, 15) is 0 Å². The van der Waals surface area contributed by atoms with Crippen molar-refractivity contribution in [2.45, 2.75) is 13.3 Å². The van der Waals surface area contributed by atoms with Crippen LogP contribution in [0.3, 0.4) is 0 Å². The number of nitrogens with zero attached hydrogens (tertiary/aromatic N) is 4. The summed E-state index contributed by atoms with van der Waals surface area (Å²) in [5, 5.41) is 3.39. The molecule has 17 heavy (non-hydrogen) atoms. The Kier molecular flexibility index (Phi) is 4.67. The molecule has 0 atom stereocenters. The Morgan fingerprint density at radius 1 is 1.29 bits per heavy atom. The fourth-order valence-corrected chi connectivity index (χ4v) is 2.62. The van der Waals surface area contributed by atoms with Gasteiger partial charge in [-0.2, -0.15) is 26.7 Å². The molecule has 1 aliphatic heterocycles. The van der Waals surface area contributed by atoms with Gasteiger partial charge in [-0.3, -0.25) is 0 Å². The Morgan fingerprint density at radius 2 is 2.06 bits per heavy atom. The molecule has 1 aliphatic rings. The lowest BCUT2D eigenvalue weighted by molar-refractivity contribution is 0.805. The minimum Gasteiger partial charge on any atom is -0.354 e. The van der Waals surface area contributed by atoms with Crippen molar-refractivity contribution >= 4 is 35.3 Å². The van der Waals surface area contributed by atoms with Gasteiger partial charge >= 0.3 is 0 Å². The maximum atomic E-state index is 5.91. The van der Waals surface area contributed by atoms with Crippen LogP contribution in [0, 0.1) is 0 Å². The summed E-state index contributed by atoms with van der Waals surface area (Å²) in [4.78, 5) is 14.8. The highest BCUT2D eigenvalue weighted by atomic mass is 35.5. The molecule has 0 bridgehead atoms. The smallest absolute Gasteiger partial charge is 0.231 e. The summed E-state index contributed by atoms with van der Waals surface area (Å²) in [7, 11) is 0. The first-order valence-corrected chi connectivity index (χ1v) is 7.31. The van der Waals surface area contributed by atoms with Crippen molar-refractivity contribution < 1.29 is 0 Å². The van der Waals surface area contributed by atoms with E-state index in [1.807, 2.05) is 11.8 Å². The molecule has 1 fully saturated rings. The third-order valence-electron chi connectivity index (χ3n) is 2.42. The minimum absolute atomic E-state index is 0.256. The zero-order valence-electron chi connectivity index (χ0n) is 9.82. The summed E-state index contributed by atoms with van der Waals surface area (Å²) in [5.41, 5.74) is 0. The van der Waals surface area contributed by atoms with Gasteiger partial charge in [0.05, 0.1) is 0 Å². The van der Waals surface area contributed by atoms with Gasteiger partial charge in [-0.15, -0.1) is 0 Å². The van der Waals surface area contributed by atoms with E-state index >= 15 is 0 Å². The summed E-state index contributed by atoms with van der Waals surface area (Å²) >= 11 is 7.87. The molecule has 0 amide bonds. The van der Waals surface area contributed by atoms with Crippen LogP contribution in [0.4, 0.5) is 11.9 Å². The van der Waals surface area contributed by atoms with Gasteiger partial charge in [0.15, 0.2) is 0 Å². The Morgan fingerprint density at radius 3 is 2.76 bits per heavy atom. The van der Waals surface area contributed by atoms with Crippen LogP contribution in [0.25, 0.3) is 0 Å². The van der Waals surface area contributed by atoms with Crippen LogP contribution in [0.1, 0.15) is 13.3 Å². The zero-order chi connectivity index (χ0) is 12.1. The molecule has 2 rings (SSSR count). The van der Waals surface area contributed by atoms with Gasteiger partial charge in [0.1, 0.15) is 0 Å². The van der Waals surface area contributed by atoms with Crippen molar-refractivity contribution in [3.63, 3.8) is 0 Å². The second-order valence-corrected chi connectivity index (χ2v) is 5.32. The van der Waals surface area contributed by atoms with Crippen molar-refractivity contribution in [1.82, 2.24) is 15.0 Å². The lowest BCUT2D eigenvalue weighted by Crippen LogP contribution is -2.34. The molecule has 94 valence electrons. The van der Waals surface area contributed by atoms with Crippen LogP contribution in [0.5, 0.6) is 0 Å². The van der Waals surface area contributed by atoms with Crippen molar-refractivity contribution in [2.75, 3.05) is 41.4 Å². The van der Waals surface area contributed by atoms with Crippen LogP contribution < -0.4 is 10.2 Å². The topological polar surface area (TPSA) is 53.9 Å². The van der Waals surface area contributed by atoms with E-state index in [0.717, 1.165) is 37.6 Å². The zero-order valence-corrected chi connectivity index (χ0v) is 11.4. The SMILES string of the molecule is CCCNc1nc(Cl)nc(N2CCSCC2)n1. The van der Waals surface area contributed by atoms with Gasteiger partial charge in [-0.05, 0) is 18.0 Å². The highest BCUT2D eigenvalue weighted by Crippen LogP contribution is 2.18. The fourth-order valence-electron chi connectivity index (χ4n) is 1.56. The van der Waals surface area contributed by atoms with Gasteiger partial charge < -0.3 is 10.2 Å². The third kappa shape index (κ3) is 3.61. The number of hydrogen-bond acceptors (Lipinski definition) is 6.